The van der Waals surface area contributed by atoms with Gasteiger partial charge in [0.05, 0.1) is 17.7 Å². The Kier molecular flexibility index (Phi) is 3.54. The summed E-state index contributed by atoms with van der Waals surface area (Å²) in [7, 11) is 0. The fraction of sp³-hybridized carbons (Fsp3) is 0.400. The van der Waals surface area contributed by atoms with E-state index in [9.17, 15) is 17.6 Å². The van der Waals surface area contributed by atoms with Gasteiger partial charge in [0.2, 0.25) is 0 Å². The van der Waals surface area contributed by atoms with Gasteiger partial charge in [0.1, 0.15) is 5.82 Å². The fourth-order valence-electron chi connectivity index (χ4n) is 1.25. The Morgan fingerprint density at radius 1 is 1.31 bits per heavy atom. The molecule has 6 heteroatoms. The number of halogens is 4. The summed E-state index contributed by atoms with van der Waals surface area (Å²) in [4.78, 5) is 0. The maximum atomic E-state index is 12.9. The number of hydrogen-bond acceptors (Lipinski definition) is 2. The van der Waals surface area contributed by atoms with Gasteiger partial charge < -0.3 is 10.8 Å². The van der Waals surface area contributed by atoms with Gasteiger partial charge in [-0.3, -0.25) is 0 Å². The molecule has 0 amide bonds. The molecule has 0 saturated carbocycles. The van der Waals surface area contributed by atoms with Gasteiger partial charge in [-0.25, -0.2) is 4.39 Å². The van der Waals surface area contributed by atoms with Crippen LogP contribution in [0.1, 0.15) is 24.1 Å². The zero-order chi connectivity index (χ0) is 12.5. The first-order chi connectivity index (χ1) is 7.23. The number of nitrogens with two attached hydrogens (primary N) is 1. The molecule has 2 atom stereocenters. The average Bonchev–Trinajstić information content (AvgIpc) is 2.15. The van der Waals surface area contributed by atoms with Crippen molar-refractivity contribution in [2.45, 2.75) is 25.2 Å². The van der Waals surface area contributed by atoms with Crippen molar-refractivity contribution < 1.29 is 22.7 Å². The van der Waals surface area contributed by atoms with Crippen LogP contribution in [-0.4, -0.2) is 11.2 Å². The van der Waals surface area contributed by atoms with Crippen molar-refractivity contribution >= 4 is 0 Å². The second kappa shape index (κ2) is 4.39. The molecule has 0 heterocycles. The van der Waals surface area contributed by atoms with E-state index in [-0.39, 0.29) is 5.56 Å². The summed E-state index contributed by atoms with van der Waals surface area (Å²) in [5, 5.41) is 9.14. The number of hydrogen-bond donors (Lipinski definition) is 2. The average molecular weight is 237 g/mol. The highest BCUT2D eigenvalue weighted by Crippen LogP contribution is 2.33. The third-order valence-corrected chi connectivity index (χ3v) is 2.20. The van der Waals surface area contributed by atoms with Gasteiger partial charge in [-0.05, 0) is 24.6 Å². The van der Waals surface area contributed by atoms with Crippen molar-refractivity contribution in [3.63, 3.8) is 0 Å². The van der Waals surface area contributed by atoms with Crippen LogP contribution in [0.4, 0.5) is 17.6 Å². The lowest BCUT2D eigenvalue weighted by Gasteiger charge is -2.17. The number of aliphatic hydroxyl groups excluding tert-OH is 1. The molecule has 1 aromatic rings. The first kappa shape index (κ1) is 12.9. The molecule has 0 radical (unpaired) electrons. The lowest BCUT2D eigenvalue weighted by atomic mass is 10.0. The standard InChI is InChI=1S/C10H11F4NO/c1-5(16)9(15)6-2-3-8(11)7(4-6)10(12,13)14/h2-5,9,16H,15H2,1H3/t5-,9+/m0/s1. The molecule has 0 aliphatic carbocycles. The van der Waals surface area contributed by atoms with Gasteiger partial charge in [-0.15, -0.1) is 0 Å². The van der Waals surface area contributed by atoms with E-state index in [1.54, 1.807) is 0 Å². The second-order valence-corrected chi connectivity index (χ2v) is 3.50. The van der Waals surface area contributed by atoms with Crippen LogP contribution in [0.25, 0.3) is 0 Å². The summed E-state index contributed by atoms with van der Waals surface area (Å²) in [5.74, 6) is -1.35. The summed E-state index contributed by atoms with van der Waals surface area (Å²) in [6.07, 6.45) is -5.77. The van der Waals surface area contributed by atoms with E-state index < -0.39 is 29.7 Å². The zero-order valence-electron chi connectivity index (χ0n) is 8.42. The molecule has 1 aromatic carbocycles. The highest BCUT2D eigenvalue weighted by molar-refractivity contribution is 5.29. The monoisotopic (exact) mass is 237 g/mol. The molecule has 0 spiro atoms. The quantitative estimate of drug-likeness (QED) is 0.775. The molecule has 0 aliphatic rings. The molecular formula is C10H11F4NO. The van der Waals surface area contributed by atoms with E-state index in [2.05, 4.69) is 0 Å². The van der Waals surface area contributed by atoms with Crippen LogP contribution in [0.15, 0.2) is 18.2 Å². The highest BCUT2D eigenvalue weighted by atomic mass is 19.4. The molecule has 90 valence electrons. The highest BCUT2D eigenvalue weighted by Gasteiger charge is 2.34. The molecule has 0 saturated heterocycles. The SMILES string of the molecule is C[C@H](O)[C@@H](N)c1ccc(F)c(C(F)(F)F)c1. The number of aliphatic hydroxyl groups is 1. The molecular weight excluding hydrogens is 226 g/mol. The Bertz CT molecular complexity index is 376. The van der Waals surface area contributed by atoms with Crippen molar-refractivity contribution in [2.24, 2.45) is 5.73 Å². The normalized spacial score (nSPS) is 15.9. The van der Waals surface area contributed by atoms with Crippen LogP contribution in [-0.2, 0) is 6.18 Å². The molecule has 0 aromatic heterocycles. The van der Waals surface area contributed by atoms with Crippen LogP contribution in [0, 0.1) is 5.82 Å². The summed E-state index contributed by atoms with van der Waals surface area (Å²) < 4.78 is 50.0. The van der Waals surface area contributed by atoms with Crippen molar-refractivity contribution in [3.05, 3.63) is 35.1 Å². The number of rotatable bonds is 2. The Morgan fingerprint density at radius 3 is 2.31 bits per heavy atom. The van der Waals surface area contributed by atoms with Crippen LogP contribution in [0.5, 0.6) is 0 Å². The van der Waals surface area contributed by atoms with Gasteiger partial charge in [-0.1, -0.05) is 6.07 Å². The maximum absolute atomic E-state index is 12.9. The van der Waals surface area contributed by atoms with E-state index in [1.165, 1.54) is 6.92 Å². The minimum absolute atomic E-state index is 0.0451. The Morgan fingerprint density at radius 2 is 1.88 bits per heavy atom. The number of alkyl halides is 3. The van der Waals surface area contributed by atoms with E-state index in [1.807, 2.05) is 0 Å². The first-order valence-electron chi connectivity index (χ1n) is 4.53. The van der Waals surface area contributed by atoms with Crippen molar-refractivity contribution in [3.8, 4) is 0 Å². The van der Waals surface area contributed by atoms with Crippen LogP contribution >= 0.6 is 0 Å². The number of benzene rings is 1. The Labute approximate surface area is 89.7 Å². The van der Waals surface area contributed by atoms with Gasteiger partial charge in [0, 0.05) is 0 Å². The van der Waals surface area contributed by atoms with Gasteiger partial charge in [0.25, 0.3) is 0 Å². The topological polar surface area (TPSA) is 46.2 Å². The Hall–Kier alpha value is -1.14. The van der Waals surface area contributed by atoms with Gasteiger partial charge in [-0.2, -0.15) is 13.2 Å². The predicted molar refractivity (Wildman–Crippen MR) is 50.0 cm³/mol. The van der Waals surface area contributed by atoms with E-state index in [0.29, 0.717) is 12.1 Å². The zero-order valence-corrected chi connectivity index (χ0v) is 8.42. The largest absolute Gasteiger partial charge is 0.419 e. The molecule has 0 fully saturated rings. The molecule has 0 bridgehead atoms. The Balaban J connectivity index is 3.18. The van der Waals surface area contributed by atoms with Crippen LogP contribution in [0.3, 0.4) is 0 Å². The predicted octanol–water partition coefficient (Wildman–Crippen LogP) is 2.23. The summed E-state index contributed by atoms with van der Waals surface area (Å²) >= 11 is 0. The molecule has 0 unspecified atom stereocenters. The molecule has 16 heavy (non-hydrogen) atoms. The lowest BCUT2D eigenvalue weighted by molar-refractivity contribution is -0.140. The smallest absolute Gasteiger partial charge is 0.391 e. The minimum Gasteiger partial charge on any atom is -0.391 e. The molecule has 2 nitrogen and oxygen atoms in total. The molecule has 1 rings (SSSR count). The van der Waals surface area contributed by atoms with Crippen molar-refractivity contribution in [1.29, 1.82) is 0 Å². The summed E-state index contributed by atoms with van der Waals surface area (Å²) in [6, 6.07) is 1.47. The molecule has 3 N–H and O–H groups in total. The third kappa shape index (κ3) is 2.70. The van der Waals surface area contributed by atoms with E-state index in [0.717, 1.165) is 6.07 Å². The summed E-state index contributed by atoms with van der Waals surface area (Å²) in [5.41, 5.74) is 4.13. The minimum atomic E-state index is -4.77. The fourth-order valence-corrected chi connectivity index (χ4v) is 1.25. The first-order valence-corrected chi connectivity index (χ1v) is 4.53. The van der Waals surface area contributed by atoms with Gasteiger partial charge in [0.15, 0.2) is 0 Å². The van der Waals surface area contributed by atoms with Gasteiger partial charge >= 0.3 is 6.18 Å². The van der Waals surface area contributed by atoms with Crippen LogP contribution in [0.2, 0.25) is 0 Å². The third-order valence-electron chi connectivity index (χ3n) is 2.20. The van der Waals surface area contributed by atoms with E-state index >= 15 is 0 Å². The maximum Gasteiger partial charge on any atom is 0.419 e. The van der Waals surface area contributed by atoms with Crippen LogP contribution < -0.4 is 5.73 Å². The molecule has 0 aliphatic heterocycles. The second-order valence-electron chi connectivity index (χ2n) is 3.50. The lowest BCUT2D eigenvalue weighted by Crippen LogP contribution is -2.24. The van der Waals surface area contributed by atoms with Crippen molar-refractivity contribution in [2.75, 3.05) is 0 Å². The van der Waals surface area contributed by atoms with E-state index in [4.69, 9.17) is 10.8 Å². The van der Waals surface area contributed by atoms with Crippen molar-refractivity contribution in [1.82, 2.24) is 0 Å². The summed E-state index contributed by atoms with van der Waals surface area (Å²) in [6.45, 7) is 1.35.